The highest BCUT2D eigenvalue weighted by Gasteiger charge is 2.13. The van der Waals surface area contributed by atoms with Crippen LogP contribution < -0.4 is 11.1 Å². The van der Waals surface area contributed by atoms with Crippen molar-refractivity contribution in [3.8, 4) is 0 Å². The van der Waals surface area contributed by atoms with Crippen LogP contribution in [-0.2, 0) is 9.53 Å². The van der Waals surface area contributed by atoms with Crippen LogP contribution in [0, 0.1) is 5.92 Å². The molecule has 0 rings (SSSR count). The zero-order valence-corrected chi connectivity index (χ0v) is 10.1. The molecule has 0 aliphatic carbocycles. The van der Waals surface area contributed by atoms with Crippen molar-refractivity contribution in [1.82, 2.24) is 5.32 Å². The number of carbonyl (C=O) groups excluding carboxylic acids is 1. The van der Waals surface area contributed by atoms with Gasteiger partial charge in [-0.15, -0.1) is 0 Å². The third kappa shape index (κ3) is 7.33. The normalized spacial score (nSPS) is 14.7. The summed E-state index contributed by atoms with van der Waals surface area (Å²) in [5.41, 5.74) is 5.72. The summed E-state index contributed by atoms with van der Waals surface area (Å²) in [5.74, 6) is 0.281. The Morgan fingerprint density at radius 2 is 2.20 bits per heavy atom. The molecule has 4 heteroatoms. The molecule has 0 saturated carbocycles. The van der Waals surface area contributed by atoms with Crippen LogP contribution in [0.1, 0.15) is 33.1 Å². The number of unbranched alkanes of at least 4 members (excludes halogenated alkanes) is 1. The van der Waals surface area contributed by atoms with Gasteiger partial charge in [0.2, 0.25) is 5.91 Å². The van der Waals surface area contributed by atoms with E-state index in [4.69, 9.17) is 10.5 Å². The highest BCUT2D eigenvalue weighted by Crippen LogP contribution is 1.99. The van der Waals surface area contributed by atoms with Crippen LogP contribution in [0.15, 0.2) is 0 Å². The van der Waals surface area contributed by atoms with Gasteiger partial charge in [-0.05, 0) is 12.3 Å². The van der Waals surface area contributed by atoms with Gasteiger partial charge in [-0.1, -0.05) is 26.7 Å². The molecule has 2 unspecified atom stereocenters. The lowest BCUT2D eigenvalue weighted by molar-refractivity contribution is -0.122. The van der Waals surface area contributed by atoms with E-state index in [0.29, 0.717) is 19.1 Å². The average molecular weight is 216 g/mol. The highest BCUT2D eigenvalue weighted by atomic mass is 16.5. The molecule has 0 bridgehead atoms. The Morgan fingerprint density at radius 3 is 2.73 bits per heavy atom. The first-order chi connectivity index (χ1) is 7.11. The number of ether oxygens (including phenoxy) is 1. The summed E-state index contributed by atoms with van der Waals surface area (Å²) in [6, 6.07) is -0.361. The van der Waals surface area contributed by atoms with E-state index in [-0.39, 0.29) is 11.9 Å². The molecule has 3 N–H and O–H groups in total. The Balaban J connectivity index is 3.63. The van der Waals surface area contributed by atoms with Crippen molar-refractivity contribution in [3.63, 3.8) is 0 Å². The number of nitrogens with two attached hydrogens (primary N) is 1. The van der Waals surface area contributed by atoms with Gasteiger partial charge >= 0.3 is 0 Å². The fourth-order valence-corrected chi connectivity index (χ4v) is 1.30. The average Bonchev–Trinajstić information content (AvgIpc) is 2.22. The third-order valence-corrected chi connectivity index (χ3v) is 2.28. The quantitative estimate of drug-likeness (QED) is 0.633. The molecule has 0 radical (unpaired) electrons. The number of carbonyl (C=O) groups is 1. The summed E-state index contributed by atoms with van der Waals surface area (Å²) < 4.78 is 4.98. The fraction of sp³-hybridized carbons (Fsp3) is 0.909. The molecule has 0 fully saturated rings. The minimum absolute atomic E-state index is 0.0496. The highest BCUT2D eigenvalue weighted by molar-refractivity contribution is 5.81. The lowest BCUT2D eigenvalue weighted by Crippen LogP contribution is -2.42. The van der Waals surface area contributed by atoms with E-state index in [2.05, 4.69) is 12.2 Å². The maximum atomic E-state index is 11.5. The lowest BCUT2D eigenvalue weighted by Gasteiger charge is -2.14. The molecule has 0 spiro atoms. The van der Waals surface area contributed by atoms with Gasteiger partial charge in [0, 0.05) is 13.7 Å². The van der Waals surface area contributed by atoms with E-state index in [9.17, 15) is 4.79 Å². The Kier molecular flexibility index (Phi) is 8.33. The van der Waals surface area contributed by atoms with Crippen LogP contribution in [-0.4, -0.2) is 32.2 Å². The summed E-state index contributed by atoms with van der Waals surface area (Å²) in [5, 5.41) is 2.83. The van der Waals surface area contributed by atoms with Crippen molar-refractivity contribution in [2.24, 2.45) is 11.7 Å². The number of rotatable bonds is 8. The second-order valence-electron chi connectivity index (χ2n) is 4.05. The number of hydrogen-bond donors (Lipinski definition) is 2. The van der Waals surface area contributed by atoms with E-state index in [0.717, 1.165) is 19.3 Å². The van der Waals surface area contributed by atoms with E-state index < -0.39 is 0 Å². The molecule has 0 aromatic heterocycles. The van der Waals surface area contributed by atoms with Gasteiger partial charge in [0.25, 0.3) is 0 Å². The molecule has 0 saturated heterocycles. The SMILES string of the molecule is CCCCC(N)C(=O)NCC(C)COC. The minimum atomic E-state index is -0.361. The molecular formula is C11H24N2O2. The molecule has 0 aliphatic rings. The summed E-state index contributed by atoms with van der Waals surface area (Å²) >= 11 is 0. The molecule has 0 heterocycles. The Bertz CT molecular complexity index is 174. The smallest absolute Gasteiger partial charge is 0.236 e. The molecule has 0 aromatic rings. The minimum Gasteiger partial charge on any atom is -0.384 e. The second-order valence-corrected chi connectivity index (χ2v) is 4.05. The molecule has 2 atom stereocenters. The molecule has 1 amide bonds. The van der Waals surface area contributed by atoms with Gasteiger partial charge in [0.1, 0.15) is 0 Å². The third-order valence-electron chi connectivity index (χ3n) is 2.28. The summed E-state index contributed by atoms with van der Waals surface area (Å²) in [4.78, 5) is 11.5. The van der Waals surface area contributed by atoms with Gasteiger partial charge in [-0.25, -0.2) is 0 Å². The van der Waals surface area contributed by atoms with Crippen LogP contribution in [0.25, 0.3) is 0 Å². The van der Waals surface area contributed by atoms with Gasteiger partial charge in [-0.3, -0.25) is 4.79 Å². The predicted octanol–water partition coefficient (Wildman–Crippen LogP) is 0.903. The Labute approximate surface area is 92.6 Å². The molecular weight excluding hydrogens is 192 g/mol. The van der Waals surface area contributed by atoms with Crippen LogP contribution in [0.3, 0.4) is 0 Å². The van der Waals surface area contributed by atoms with Crippen molar-refractivity contribution in [3.05, 3.63) is 0 Å². The van der Waals surface area contributed by atoms with Gasteiger partial charge in [-0.2, -0.15) is 0 Å². The van der Waals surface area contributed by atoms with Gasteiger partial charge in [0.05, 0.1) is 12.6 Å². The molecule has 90 valence electrons. The maximum Gasteiger partial charge on any atom is 0.236 e. The van der Waals surface area contributed by atoms with Crippen molar-refractivity contribution in [1.29, 1.82) is 0 Å². The van der Waals surface area contributed by atoms with E-state index in [1.165, 1.54) is 0 Å². The van der Waals surface area contributed by atoms with Crippen LogP contribution >= 0.6 is 0 Å². The zero-order chi connectivity index (χ0) is 11.7. The van der Waals surface area contributed by atoms with Crippen molar-refractivity contribution in [2.75, 3.05) is 20.3 Å². The van der Waals surface area contributed by atoms with Crippen molar-refractivity contribution in [2.45, 2.75) is 39.2 Å². The molecule has 0 aromatic carbocycles. The van der Waals surface area contributed by atoms with E-state index in [1.54, 1.807) is 7.11 Å². The van der Waals surface area contributed by atoms with Gasteiger partial charge < -0.3 is 15.8 Å². The largest absolute Gasteiger partial charge is 0.384 e. The maximum absolute atomic E-state index is 11.5. The van der Waals surface area contributed by atoms with Gasteiger partial charge in [0.15, 0.2) is 0 Å². The van der Waals surface area contributed by atoms with Crippen molar-refractivity contribution >= 4 is 5.91 Å². The number of hydrogen-bond acceptors (Lipinski definition) is 3. The van der Waals surface area contributed by atoms with Crippen molar-refractivity contribution < 1.29 is 9.53 Å². The first-order valence-electron chi connectivity index (χ1n) is 5.64. The standard InChI is InChI=1S/C11H24N2O2/c1-4-5-6-10(12)11(14)13-7-9(2)8-15-3/h9-10H,4-8,12H2,1-3H3,(H,13,14). The zero-order valence-electron chi connectivity index (χ0n) is 10.1. The number of amides is 1. The fourth-order valence-electron chi connectivity index (χ4n) is 1.30. The topological polar surface area (TPSA) is 64.4 Å². The lowest BCUT2D eigenvalue weighted by atomic mass is 10.1. The van der Waals surface area contributed by atoms with E-state index in [1.807, 2.05) is 6.92 Å². The summed E-state index contributed by atoms with van der Waals surface area (Å²) in [7, 11) is 1.66. The van der Waals surface area contributed by atoms with E-state index >= 15 is 0 Å². The molecule has 15 heavy (non-hydrogen) atoms. The van der Waals surface area contributed by atoms with Crippen LogP contribution in [0.4, 0.5) is 0 Å². The summed E-state index contributed by atoms with van der Waals surface area (Å²) in [6.07, 6.45) is 2.84. The number of methoxy groups -OCH3 is 1. The Morgan fingerprint density at radius 1 is 1.53 bits per heavy atom. The molecule has 4 nitrogen and oxygen atoms in total. The number of nitrogens with one attached hydrogen (secondary N) is 1. The second kappa shape index (κ2) is 8.68. The molecule has 0 aliphatic heterocycles. The first-order valence-corrected chi connectivity index (χ1v) is 5.64. The van der Waals surface area contributed by atoms with Crippen LogP contribution in [0.2, 0.25) is 0 Å². The monoisotopic (exact) mass is 216 g/mol. The first kappa shape index (κ1) is 14.4. The predicted molar refractivity (Wildman–Crippen MR) is 61.6 cm³/mol. The Hall–Kier alpha value is -0.610. The summed E-state index contributed by atoms with van der Waals surface area (Å²) in [6.45, 7) is 5.41. The van der Waals surface area contributed by atoms with Crippen LogP contribution in [0.5, 0.6) is 0 Å².